The topological polar surface area (TPSA) is 79.7 Å². The minimum Gasteiger partial charge on any atom is -0.481 e. The van der Waals surface area contributed by atoms with Crippen molar-refractivity contribution in [1.29, 1.82) is 0 Å². The molecule has 186 valence electrons. The third-order valence-corrected chi connectivity index (χ3v) is 7.46. The van der Waals surface area contributed by atoms with Crippen molar-refractivity contribution in [1.82, 2.24) is 9.88 Å². The average Bonchev–Trinajstić information content (AvgIpc) is 2.90. The molecule has 6 heterocycles. The van der Waals surface area contributed by atoms with Crippen LogP contribution in [0.25, 0.3) is 0 Å². The predicted octanol–water partition coefficient (Wildman–Crippen LogP) is 5.24. The molecule has 36 heavy (non-hydrogen) atoms. The van der Waals surface area contributed by atoms with E-state index in [9.17, 15) is 14.7 Å². The van der Waals surface area contributed by atoms with E-state index in [1.807, 2.05) is 35.2 Å². The summed E-state index contributed by atoms with van der Waals surface area (Å²) in [4.78, 5) is 31.7. The summed E-state index contributed by atoms with van der Waals surface area (Å²) in [7, 11) is 0. The molecule has 0 radical (unpaired) electrons. The first-order chi connectivity index (χ1) is 17.5. The van der Waals surface area contributed by atoms with Crippen molar-refractivity contribution in [2.24, 2.45) is 5.92 Å². The molecule has 1 aromatic heterocycles. The van der Waals surface area contributed by atoms with Gasteiger partial charge in [-0.3, -0.25) is 9.59 Å². The number of carbonyl (C=O) groups is 2. The van der Waals surface area contributed by atoms with E-state index in [4.69, 9.17) is 4.74 Å². The number of amides is 1. The van der Waals surface area contributed by atoms with Crippen LogP contribution in [0.1, 0.15) is 70.3 Å². The number of rotatable bonds is 2. The highest BCUT2D eigenvalue weighted by atomic mass is 16.5. The fourth-order valence-electron chi connectivity index (χ4n) is 5.30. The van der Waals surface area contributed by atoms with Gasteiger partial charge in [-0.25, -0.2) is 4.98 Å². The van der Waals surface area contributed by atoms with Crippen molar-refractivity contribution >= 4 is 11.9 Å². The van der Waals surface area contributed by atoms with Gasteiger partial charge >= 0.3 is 5.97 Å². The van der Waals surface area contributed by atoms with Crippen molar-refractivity contribution in [3.63, 3.8) is 0 Å². The number of aryl methyl sites for hydroxylation is 1. The number of aliphatic carboxylic acids is 1. The van der Waals surface area contributed by atoms with Crippen LogP contribution >= 0.6 is 0 Å². The Hall–Kier alpha value is -3.67. The first-order valence-corrected chi connectivity index (χ1v) is 12.8. The molecule has 6 heteroatoms. The highest BCUT2D eigenvalue weighted by Crippen LogP contribution is 2.35. The third kappa shape index (κ3) is 5.13. The van der Waals surface area contributed by atoms with Crippen LogP contribution < -0.4 is 4.74 Å². The summed E-state index contributed by atoms with van der Waals surface area (Å²) in [6.45, 7) is 3.52. The SMILES string of the molecule is C[C@H](C(=O)O)[C@@H]1c2ccc(nc2)OCCCCCc2ccc(cc2)C(=O)N2CCc3ccc1cc3C2. The number of ether oxygens (including phenoxy) is 1. The lowest BCUT2D eigenvalue weighted by atomic mass is 9.80. The summed E-state index contributed by atoms with van der Waals surface area (Å²) in [6.07, 6.45) is 6.53. The quantitative estimate of drug-likeness (QED) is 0.538. The molecule has 0 aliphatic carbocycles. The van der Waals surface area contributed by atoms with Crippen molar-refractivity contribution in [3.05, 3.63) is 94.2 Å². The summed E-state index contributed by atoms with van der Waals surface area (Å²) >= 11 is 0. The Balaban J connectivity index is 1.52. The number of pyridine rings is 1. The van der Waals surface area contributed by atoms with Crippen molar-refractivity contribution in [2.45, 2.75) is 51.5 Å². The number of aromatic nitrogens is 1. The maximum absolute atomic E-state index is 13.3. The number of hydrogen-bond donors (Lipinski definition) is 1. The first-order valence-electron chi connectivity index (χ1n) is 12.8. The number of benzene rings is 2. The van der Waals surface area contributed by atoms with Crippen LogP contribution in [0.2, 0.25) is 0 Å². The summed E-state index contributed by atoms with van der Waals surface area (Å²) in [5, 5.41) is 9.88. The van der Waals surface area contributed by atoms with Crippen LogP contribution in [0.3, 0.4) is 0 Å². The van der Waals surface area contributed by atoms with Gasteiger partial charge in [0.2, 0.25) is 5.88 Å². The number of carboxylic acids is 1. The highest BCUT2D eigenvalue weighted by Gasteiger charge is 2.29. The summed E-state index contributed by atoms with van der Waals surface area (Å²) in [5.41, 5.74) is 5.99. The molecule has 0 saturated heterocycles. The molecule has 0 saturated carbocycles. The molecule has 0 unspecified atom stereocenters. The molecule has 5 aliphatic heterocycles. The Labute approximate surface area is 211 Å². The summed E-state index contributed by atoms with van der Waals surface area (Å²) in [5.74, 6) is -1.26. The van der Waals surface area contributed by atoms with E-state index in [1.54, 1.807) is 13.1 Å². The van der Waals surface area contributed by atoms with E-state index in [1.165, 1.54) is 11.1 Å². The maximum Gasteiger partial charge on any atom is 0.307 e. The monoisotopic (exact) mass is 484 g/mol. The molecule has 0 fully saturated rings. The van der Waals surface area contributed by atoms with Gasteiger partial charge in [0.25, 0.3) is 5.91 Å². The molecule has 2 aromatic carbocycles. The maximum atomic E-state index is 13.3. The van der Waals surface area contributed by atoms with Crippen LogP contribution in [0.4, 0.5) is 0 Å². The number of nitrogens with zero attached hydrogens (tertiary/aromatic N) is 2. The largest absolute Gasteiger partial charge is 0.481 e. The first kappa shape index (κ1) is 24.0. The zero-order valence-corrected chi connectivity index (χ0v) is 20.7. The molecule has 7 bridgehead atoms. The Bertz CT molecular complexity index is 1240. The molecule has 1 amide bonds. The smallest absolute Gasteiger partial charge is 0.307 e. The zero-order valence-electron chi connectivity index (χ0n) is 20.7. The molecular weight excluding hydrogens is 452 g/mol. The van der Waals surface area contributed by atoms with E-state index < -0.39 is 11.9 Å². The molecule has 5 aliphatic rings. The van der Waals surface area contributed by atoms with Crippen LogP contribution in [-0.4, -0.2) is 40.0 Å². The van der Waals surface area contributed by atoms with Gasteiger partial charge in [0, 0.05) is 36.8 Å². The third-order valence-electron chi connectivity index (χ3n) is 7.46. The van der Waals surface area contributed by atoms with Crippen LogP contribution in [-0.2, 0) is 24.2 Å². The normalized spacial score (nSPS) is 19.0. The lowest BCUT2D eigenvalue weighted by Gasteiger charge is -2.30. The summed E-state index contributed by atoms with van der Waals surface area (Å²) < 4.78 is 5.84. The average molecular weight is 485 g/mol. The van der Waals surface area contributed by atoms with Gasteiger partial charge in [-0.05, 0) is 72.1 Å². The fourth-order valence-corrected chi connectivity index (χ4v) is 5.30. The van der Waals surface area contributed by atoms with Crippen LogP contribution in [0.5, 0.6) is 5.88 Å². The van der Waals surface area contributed by atoms with E-state index >= 15 is 0 Å². The summed E-state index contributed by atoms with van der Waals surface area (Å²) in [6, 6.07) is 17.9. The van der Waals surface area contributed by atoms with Crippen molar-refractivity contribution < 1.29 is 19.4 Å². The minimum absolute atomic E-state index is 0.0379. The molecule has 3 aromatic rings. The molecule has 1 N–H and O–H groups in total. The lowest BCUT2D eigenvalue weighted by molar-refractivity contribution is -0.141. The number of carboxylic acid groups (broad SMARTS) is 1. The Morgan fingerprint density at radius 1 is 1.00 bits per heavy atom. The molecule has 2 atom stereocenters. The van der Waals surface area contributed by atoms with Gasteiger partial charge in [0.1, 0.15) is 0 Å². The van der Waals surface area contributed by atoms with E-state index in [0.717, 1.165) is 48.8 Å². The fraction of sp³-hybridized carbons (Fsp3) is 0.367. The minimum atomic E-state index is -0.858. The number of carbonyl (C=O) groups excluding carboxylic acids is 1. The van der Waals surface area contributed by atoms with E-state index in [2.05, 4.69) is 29.2 Å². The molecule has 8 rings (SSSR count). The van der Waals surface area contributed by atoms with Gasteiger partial charge in [-0.15, -0.1) is 0 Å². The Kier molecular flexibility index (Phi) is 7.03. The van der Waals surface area contributed by atoms with Crippen LogP contribution in [0, 0.1) is 5.92 Å². The van der Waals surface area contributed by atoms with Gasteiger partial charge in [-0.2, -0.15) is 0 Å². The van der Waals surface area contributed by atoms with Crippen LogP contribution in [0.15, 0.2) is 60.8 Å². The standard InChI is InChI=1S/C30H32N2O4/c1-20(30(34)35)28-24-11-10-22-14-15-32(19-26(22)17-24)29(33)23-8-6-21(7-9-23)5-3-2-4-16-36-27-13-12-25(28)18-31-27/h6-13,17-18,20,28H,2-5,14-16,19H2,1H3,(H,34,35)/t20-,28-/m0/s1. The predicted molar refractivity (Wildman–Crippen MR) is 137 cm³/mol. The second kappa shape index (κ2) is 10.5. The second-order valence-electron chi connectivity index (χ2n) is 9.90. The van der Waals surface area contributed by atoms with Crippen molar-refractivity contribution in [2.75, 3.05) is 13.2 Å². The molecule has 6 nitrogen and oxygen atoms in total. The van der Waals surface area contributed by atoms with Gasteiger partial charge in [0.05, 0.1) is 12.5 Å². The zero-order chi connectivity index (χ0) is 25.1. The Morgan fingerprint density at radius 3 is 2.56 bits per heavy atom. The molecule has 0 spiro atoms. The number of hydrogen-bond acceptors (Lipinski definition) is 4. The molecular formula is C30H32N2O4. The van der Waals surface area contributed by atoms with E-state index in [0.29, 0.717) is 31.1 Å². The van der Waals surface area contributed by atoms with Gasteiger partial charge in [-0.1, -0.05) is 43.3 Å². The van der Waals surface area contributed by atoms with Crippen molar-refractivity contribution in [3.8, 4) is 5.88 Å². The second-order valence-corrected chi connectivity index (χ2v) is 9.90. The lowest BCUT2D eigenvalue weighted by Crippen LogP contribution is -2.36. The highest BCUT2D eigenvalue weighted by molar-refractivity contribution is 5.94. The Morgan fingerprint density at radius 2 is 1.81 bits per heavy atom. The van der Waals surface area contributed by atoms with Gasteiger partial charge in [0.15, 0.2) is 0 Å². The van der Waals surface area contributed by atoms with Gasteiger partial charge < -0.3 is 14.7 Å². The van der Waals surface area contributed by atoms with E-state index in [-0.39, 0.29) is 11.8 Å².